The van der Waals surface area contributed by atoms with Gasteiger partial charge < -0.3 is 14.7 Å². The molecule has 3 N–H and O–H groups in total. The SMILES string of the molecule is NS(=O)(=O)c1cc(C(=O)N2CCOCC2)sc1O. The van der Waals surface area contributed by atoms with Crippen molar-refractivity contribution in [2.45, 2.75) is 4.90 Å². The van der Waals surface area contributed by atoms with Crippen LogP contribution in [0.3, 0.4) is 0 Å². The molecule has 2 heterocycles. The van der Waals surface area contributed by atoms with E-state index in [0.717, 1.165) is 6.07 Å². The fourth-order valence-corrected chi connectivity index (χ4v) is 3.43. The average molecular weight is 292 g/mol. The van der Waals surface area contributed by atoms with E-state index in [-0.39, 0.29) is 10.8 Å². The van der Waals surface area contributed by atoms with Crippen molar-refractivity contribution in [3.05, 3.63) is 10.9 Å². The number of nitrogens with two attached hydrogens (primary N) is 1. The number of primary sulfonamides is 1. The van der Waals surface area contributed by atoms with Crippen molar-refractivity contribution in [2.75, 3.05) is 26.3 Å². The molecule has 7 nitrogen and oxygen atoms in total. The summed E-state index contributed by atoms with van der Waals surface area (Å²) in [6.07, 6.45) is 0. The number of carbonyl (C=O) groups excluding carboxylic acids is 1. The van der Waals surface area contributed by atoms with E-state index in [2.05, 4.69) is 0 Å². The van der Waals surface area contributed by atoms with Crippen molar-refractivity contribution in [3.63, 3.8) is 0 Å². The topological polar surface area (TPSA) is 110 Å². The molecule has 1 fully saturated rings. The van der Waals surface area contributed by atoms with Crippen LogP contribution in [-0.2, 0) is 14.8 Å². The van der Waals surface area contributed by atoms with Crippen molar-refractivity contribution >= 4 is 27.3 Å². The third kappa shape index (κ3) is 2.64. The van der Waals surface area contributed by atoms with E-state index < -0.39 is 20.0 Å². The molecule has 0 saturated carbocycles. The van der Waals surface area contributed by atoms with Gasteiger partial charge in [0.05, 0.1) is 18.1 Å². The monoisotopic (exact) mass is 292 g/mol. The van der Waals surface area contributed by atoms with Crippen LogP contribution in [0.25, 0.3) is 0 Å². The first-order valence-electron chi connectivity index (χ1n) is 5.12. The van der Waals surface area contributed by atoms with Crippen molar-refractivity contribution in [2.24, 2.45) is 5.14 Å². The normalized spacial score (nSPS) is 16.8. The number of morpholine rings is 1. The van der Waals surface area contributed by atoms with Gasteiger partial charge in [0.25, 0.3) is 5.91 Å². The van der Waals surface area contributed by atoms with Crippen molar-refractivity contribution in [3.8, 4) is 5.06 Å². The molecule has 0 aromatic carbocycles. The van der Waals surface area contributed by atoms with Crippen LogP contribution in [0, 0.1) is 0 Å². The predicted molar refractivity (Wildman–Crippen MR) is 64.1 cm³/mol. The average Bonchev–Trinajstić information content (AvgIpc) is 2.71. The van der Waals surface area contributed by atoms with Gasteiger partial charge in [-0.15, -0.1) is 0 Å². The molecule has 0 atom stereocenters. The fraction of sp³-hybridized carbons (Fsp3) is 0.444. The van der Waals surface area contributed by atoms with Gasteiger partial charge in [0.15, 0.2) is 5.06 Å². The summed E-state index contributed by atoms with van der Waals surface area (Å²) < 4.78 is 27.4. The van der Waals surface area contributed by atoms with Crippen LogP contribution < -0.4 is 5.14 Å². The molecule has 0 unspecified atom stereocenters. The van der Waals surface area contributed by atoms with Gasteiger partial charge in [0, 0.05) is 13.1 Å². The lowest BCUT2D eigenvalue weighted by Crippen LogP contribution is -2.40. The second kappa shape index (κ2) is 4.84. The van der Waals surface area contributed by atoms with E-state index in [1.54, 1.807) is 4.90 Å². The molecule has 1 aromatic heterocycles. The lowest BCUT2D eigenvalue weighted by molar-refractivity contribution is 0.0306. The van der Waals surface area contributed by atoms with Gasteiger partial charge >= 0.3 is 0 Å². The maximum Gasteiger partial charge on any atom is 0.264 e. The minimum atomic E-state index is -4.01. The number of amides is 1. The largest absolute Gasteiger partial charge is 0.499 e. The van der Waals surface area contributed by atoms with E-state index in [0.29, 0.717) is 37.6 Å². The summed E-state index contributed by atoms with van der Waals surface area (Å²) in [7, 11) is -4.01. The summed E-state index contributed by atoms with van der Waals surface area (Å²) in [5.41, 5.74) is 0. The maximum absolute atomic E-state index is 12.0. The Morgan fingerprint density at radius 3 is 2.56 bits per heavy atom. The number of hydrogen-bond donors (Lipinski definition) is 2. The standard InChI is InChI=1S/C9H12N2O5S2/c10-18(14,15)7-5-6(17-9(7)13)8(12)11-1-3-16-4-2-11/h5,13H,1-4H2,(H2,10,14,15). The Labute approximate surface area is 108 Å². The minimum absolute atomic E-state index is 0.151. The smallest absolute Gasteiger partial charge is 0.264 e. The van der Waals surface area contributed by atoms with E-state index in [1.807, 2.05) is 0 Å². The third-order valence-corrected chi connectivity index (χ3v) is 4.47. The number of carbonyl (C=O) groups is 1. The fourth-order valence-electron chi connectivity index (χ4n) is 1.60. The van der Waals surface area contributed by atoms with Gasteiger partial charge in [0.2, 0.25) is 10.0 Å². The lowest BCUT2D eigenvalue weighted by atomic mass is 10.3. The lowest BCUT2D eigenvalue weighted by Gasteiger charge is -2.26. The van der Waals surface area contributed by atoms with Crippen LogP contribution in [0.4, 0.5) is 0 Å². The van der Waals surface area contributed by atoms with Crippen molar-refractivity contribution in [1.82, 2.24) is 4.90 Å². The quantitative estimate of drug-likeness (QED) is 0.769. The summed E-state index contributed by atoms with van der Waals surface area (Å²) in [5.74, 6) is -0.325. The molecular weight excluding hydrogens is 280 g/mol. The van der Waals surface area contributed by atoms with E-state index in [4.69, 9.17) is 9.88 Å². The summed E-state index contributed by atoms with van der Waals surface area (Å²) in [6, 6.07) is 1.10. The Morgan fingerprint density at radius 1 is 1.44 bits per heavy atom. The first-order chi connectivity index (χ1) is 8.39. The summed E-state index contributed by atoms with van der Waals surface area (Å²) in [6.45, 7) is 1.79. The van der Waals surface area contributed by atoms with Crippen LogP contribution in [0.1, 0.15) is 9.67 Å². The van der Waals surface area contributed by atoms with Crippen LogP contribution in [0.15, 0.2) is 11.0 Å². The predicted octanol–water partition coefficient (Wildman–Crippen LogP) is -0.426. The number of aromatic hydroxyl groups is 1. The highest BCUT2D eigenvalue weighted by atomic mass is 32.2. The molecule has 1 saturated heterocycles. The molecule has 0 bridgehead atoms. The first kappa shape index (κ1) is 13.3. The summed E-state index contributed by atoms with van der Waals surface area (Å²) in [4.78, 5) is 13.3. The molecule has 18 heavy (non-hydrogen) atoms. The highest BCUT2D eigenvalue weighted by Crippen LogP contribution is 2.32. The Bertz CT molecular complexity index is 560. The molecule has 0 aliphatic carbocycles. The third-order valence-electron chi connectivity index (χ3n) is 2.50. The second-order valence-electron chi connectivity index (χ2n) is 3.73. The zero-order valence-electron chi connectivity index (χ0n) is 9.33. The molecule has 0 radical (unpaired) electrons. The number of ether oxygens (including phenoxy) is 1. The number of sulfonamides is 1. The van der Waals surface area contributed by atoms with E-state index in [9.17, 15) is 18.3 Å². The number of nitrogens with zero attached hydrogens (tertiary/aromatic N) is 1. The van der Waals surface area contributed by atoms with Crippen LogP contribution in [0.5, 0.6) is 5.06 Å². The van der Waals surface area contributed by atoms with Gasteiger partial charge in [-0.25, -0.2) is 13.6 Å². The molecule has 2 rings (SSSR count). The van der Waals surface area contributed by atoms with Crippen molar-refractivity contribution < 1.29 is 23.1 Å². The number of rotatable bonds is 2. The maximum atomic E-state index is 12.0. The van der Waals surface area contributed by atoms with Crippen LogP contribution in [-0.4, -0.2) is 50.6 Å². The highest BCUT2D eigenvalue weighted by Gasteiger charge is 2.25. The molecule has 1 aliphatic rings. The molecule has 1 aromatic rings. The van der Waals surface area contributed by atoms with E-state index >= 15 is 0 Å². The van der Waals surface area contributed by atoms with Gasteiger partial charge in [-0.05, 0) is 6.07 Å². The summed E-state index contributed by atoms with van der Waals surface area (Å²) in [5, 5.41) is 13.9. The van der Waals surface area contributed by atoms with Gasteiger partial charge in [-0.2, -0.15) is 0 Å². The Balaban J connectivity index is 2.26. The minimum Gasteiger partial charge on any atom is -0.499 e. The molecule has 1 amide bonds. The van der Waals surface area contributed by atoms with Crippen LogP contribution >= 0.6 is 11.3 Å². The first-order valence-corrected chi connectivity index (χ1v) is 7.48. The molecule has 0 spiro atoms. The number of thiophene rings is 1. The molecule has 9 heteroatoms. The summed E-state index contributed by atoms with van der Waals surface area (Å²) >= 11 is 0.707. The Kier molecular flexibility index (Phi) is 3.57. The van der Waals surface area contributed by atoms with Gasteiger partial charge in [-0.1, -0.05) is 11.3 Å². The number of hydrogen-bond acceptors (Lipinski definition) is 6. The Hall–Kier alpha value is -1.16. The van der Waals surface area contributed by atoms with Crippen LogP contribution in [0.2, 0.25) is 0 Å². The zero-order chi connectivity index (χ0) is 13.3. The van der Waals surface area contributed by atoms with E-state index in [1.165, 1.54) is 0 Å². The highest BCUT2D eigenvalue weighted by molar-refractivity contribution is 7.89. The Morgan fingerprint density at radius 2 is 2.06 bits per heavy atom. The molecule has 1 aliphatic heterocycles. The zero-order valence-corrected chi connectivity index (χ0v) is 11.0. The second-order valence-corrected chi connectivity index (χ2v) is 6.29. The molecule has 100 valence electrons. The van der Waals surface area contributed by atoms with Gasteiger partial charge in [-0.3, -0.25) is 4.79 Å². The molecular formula is C9H12N2O5S2. The van der Waals surface area contributed by atoms with Gasteiger partial charge in [0.1, 0.15) is 4.90 Å². The van der Waals surface area contributed by atoms with Crippen molar-refractivity contribution in [1.29, 1.82) is 0 Å².